The van der Waals surface area contributed by atoms with Crippen LogP contribution in [0.5, 0.6) is 0 Å². The van der Waals surface area contributed by atoms with Gasteiger partial charge in [0.05, 0.1) is 16.3 Å². The summed E-state index contributed by atoms with van der Waals surface area (Å²) in [6, 6.07) is 15.8. The lowest BCUT2D eigenvalue weighted by Crippen LogP contribution is -2.44. The molecule has 6 rings (SSSR count). The first kappa shape index (κ1) is 22.7. The van der Waals surface area contributed by atoms with Crippen LogP contribution in [0.25, 0.3) is 10.9 Å². The van der Waals surface area contributed by atoms with E-state index in [1.165, 1.54) is 4.90 Å². The third-order valence-corrected chi connectivity index (χ3v) is 7.24. The summed E-state index contributed by atoms with van der Waals surface area (Å²) in [6.45, 7) is 1.93. The highest BCUT2D eigenvalue weighted by Crippen LogP contribution is 2.46. The van der Waals surface area contributed by atoms with Gasteiger partial charge in [0.25, 0.3) is 5.91 Å². The van der Waals surface area contributed by atoms with Crippen molar-refractivity contribution in [2.24, 2.45) is 0 Å². The van der Waals surface area contributed by atoms with Gasteiger partial charge in [-0.15, -0.1) is 0 Å². The van der Waals surface area contributed by atoms with Gasteiger partial charge < -0.3 is 4.98 Å². The van der Waals surface area contributed by atoms with Crippen molar-refractivity contribution in [2.45, 2.75) is 31.6 Å². The Hall–Kier alpha value is -3.78. The van der Waals surface area contributed by atoms with Crippen LogP contribution in [-0.4, -0.2) is 27.9 Å². The molecule has 1 aromatic heterocycles. The van der Waals surface area contributed by atoms with Gasteiger partial charge in [-0.2, -0.15) is 13.2 Å². The first-order valence-corrected chi connectivity index (χ1v) is 11.7. The summed E-state index contributed by atoms with van der Waals surface area (Å²) in [5.74, 6) is -0.602. The Labute approximate surface area is 209 Å². The van der Waals surface area contributed by atoms with E-state index < -0.39 is 35.8 Å². The molecule has 36 heavy (non-hydrogen) atoms. The lowest BCUT2D eigenvalue weighted by molar-refractivity contribution is -0.137. The van der Waals surface area contributed by atoms with E-state index >= 15 is 0 Å². The molecule has 3 heterocycles. The number of nitrogens with zero attached hydrogens (tertiary/aromatic N) is 2. The molecule has 5 nitrogen and oxygen atoms in total. The average Bonchev–Trinajstić information content (AvgIpc) is 3.32. The summed E-state index contributed by atoms with van der Waals surface area (Å²) >= 11 is 6.24. The third kappa shape index (κ3) is 3.32. The minimum atomic E-state index is -4.65. The molecule has 1 N–H and O–H groups in total. The van der Waals surface area contributed by atoms with Crippen LogP contribution >= 0.6 is 11.6 Å². The van der Waals surface area contributed by atoms with Crippen LogP contribution in [0.4, 0.5) is 23.7 Å². The normalized spacial score (nSPS) is 19.7. The monoisotopic (exact) mass is 509 g/mol. The number of benzene rings is 3. The van der Waals surface area contributed by atoms with Crippen molar-refractivity contribution < 1.29 is 22.8 Å². The number of carbonyl (C=O) groups excluding carboxylic acids is 2. The molecular formula is C27H19ClF3N3O2. The molecule has 2 aliphatic rings. The second-order valence-corrected chi connectivity index (χ2v) is 9.53. The number of alkyl halides is 3. The summed E-state index contributed by atoms with van der Waals surface area (Å²) in [5, 5.41) is 0.834. The molecule has 1 saturated heterocycles. The van der Waals surface area contributed by atoms with Crippen LogP contribution in [0.15, 0.2) is 66.7 Å². The second-order valence-electron chi connectivity index (χ2n) is 9.13. The largest absolute Gasteiger partial charge is 0.416 e. The molecular weight excluding hydrogens is 491 g/mol. The average molecular weight is 510 g/mol. The highest BCUT2D eigenvalue weighted by Gasteiger charge is 2.53. The first-order valence-electron chi connectivity index (χ1n) is 11.3. The van der Waals surface area contributed by atoms with E-state index in [1.54, 1.807) is 0 Å². The molecule has 3 aromatic carbocycles. The number of halogens is 4. The van der Waals surface area contributed by atoms with Crippen molar-refractivity contribution >= 4 is 40.1 Å². The Morgan fingerprint density at radius 2 is 1.78 bits per heavy atom. The zero-order valence-corrected chi connectivity index (χ0v) is 19.7. The van der Waals surface area contributed by atoms with Gasteiger partial charge >= 0.3 is 12.2 Å². The number of fused-ring (bicyclic) bond motifs is 4. The lowest BCUT2D eigenvalue weighted by atomic mass is 9.88. The quantitative estimate of drug-likeness (QED) is 0.308. The van der Waals surface area contributed by atoms with Crippen molar-refractivity contribution in [1.29, 1.82) is 0 Å². The summed E-state index contributed by atoms with van der Waals surface area (Å²) in [4.78, 5) is 33.2. The predicted molar refractivity (Wildman–Crippen MR) is 130 cm³/mol. The highest BCUT2D eigenvalue weighted by atomic mass is 35.5. The molecule has 0 spiro atoms. The fourth-order valence-corrected chi connectivity index (χ4v) is 5.55. The smallest absolute Gasteiger partial charge is 0.356 e. The van der Waals surface area contributed by atoms with Crippen molar-refractivity contribution in [2.75, 3.05) is 4.90 Å². The Bertz CT molecular complexity index is 1560. The minimum Gasteiger partial charge on any atom is -0.356 e. The molecule has 0 radical (unpaired) electrons. The summed E-state index contributed by atoms with van der Waals surface area (Å²) in [7, 11) is 0. The molecule has 1 fully saturated rings. The Morgan fingerprint density at radius 3 is 2.53 bits per heavy atom. The zero-order valence-electron chi connectivity index (χ0n) is 18.9. The van der Waals surface area contributed by atoms with Gasteiger partial charge in [0.2, 0.25) is 0 Å². The van der Waals surface area contributed by atoms with Crippen molar-refractivity contribution in [3.05, 3.63) is 99.7 Å². The SMILES string of the molecule is Cc1cccc(C2c3[nH]c4ccccc4c3CC3C(=O)N(c4cc(C(F)(F)F)ccc4Cl)C(=O)N32)c1. The number of anilines is 1. The van der Waals surface area contributed by atoms with Crippen molar-refractivity contribution in [3.8, 4) is 0 Å². The molecule has 0 aliphatic carbocycles. The van der Waals surface area contributed by atoms with E-state index in [-0.39, 0.29) is 17.1 Å². The van der Waals surface area contributed by atoms with Crippen molar-refractivity contribution in [3.63, 3.8) is 0 Å². The molecule has 4 aromatic rings. The number of aryl methyl sites for hydroxylation is 1. The number of rotatable bonds is 2. The van der Waals surface area contributed by atoms with E-state index in [0.717, 1.165) is 56.4 Å². The van der Waals surface area contributed by atoms with E-state index in [2.05, 4.69) is 4.98 Å². The van der Waals surface area contributed by atoms with E-state index in [4.69, 9.17) is 11.6 Å². The van der Waals surface area contributed by atoms with Gasteiger partial charge in [0, 0.05) is 23.0 Å². The number of aromatic amines is 1. The van der Waals surface area contributed by atoms with Gasteiger partial charge in [-0.1, -0.05) is 59.6 Å². The van der Waals surface area contributed by atoms with Crippen LogP contribution < -0.4 is 4.90 Å². The van der Waals surface area contributed by atoms with Crippen LogP contribution in [-0.2, 0) is 17.4 Å². The highest BCUT2D eigenvalue weighted by molar-refractivity contribution is 6.36. The maximum Gasteiger partial charge on any atom is 0.416 e. The molecule has 0 bridgehead atoms. The molecule has 3 amide bonds. The number of hydrogen-bond acceptors (Lipinski definition) is 2. The maximum absolute atomic E-state index is 13.8. The number of carbonyl (C=O) groups is 2. The Balaban J connectivity index is 1.54. The Kier molecular flexibility index (Phi) is 4.95. The predicted octanol–water partition coefficient (Wildman–Crippen LogP) is 6.63. The van der Waals surface area contributed by atoms with Crippen molar-refractivity contribution in [1.82, 2.24) is 9.88 Å². The zero-order chi connectivity index (χ0) is 25.4. The summed E-state index contributed by atoms with van der Waals surface area (Å²) in [5.41, 5.74) is 3.10. The molecule has 0 saturated carbocycles. The van der Waals surface area contributed by atoms with Gasteiger partial charge in [-0.3, -0.25) is 9.69 Å². The van der Waals surface area contributed by atoms with Crippen LogP contribution in [0.1, 0.15) is 34.0 Å². The number of amides is 3. The molecule has 2 aliphatic heterocycles. The number of imide groups is 1. The Morgan fingerprint density at radius 1 is 1.00 bits per heavy atom. The molecule has 182 valence electrons. The maximum atomic E-state index is 13.8. The van der Waals surface area contributed by atoms with Crippen LogP contribution in [0.2, 0.25) is 5.02 Å². The standard InChI is InChI=1S/C27H19ClF3N3O2/c1-14-5-4-6-15(11-14)24-23-18(17-7-2-3-8-20(17)32-23)13-22-25(35)34(26(36)33(22)24)21-12-16(27(29,30)31)9-10-19(21)28/h2-12,22,24,32H,13H2,1H3. The molecule has 9 heteroatoms. The molecule has 2 atom stereocenters. The number of aromatic nitrogens is 1. The van der Waals surface area contributed by atoms with Gasteiger partial charge in [-0.25, -0.2) is 9.69 Å². The lowest BCUT2D eigenvalue weighted by Gasteiger charge is -2.36. The van der Waals surface area contributed by atoms with E-state index in [9.17, 15) is 22.8 Å². The summed E-state index contributed by atoms with van der Waals surface area (Å²) in [6.07, 6.45) is -4.42. The van der Waals surface area contributed by atoms with Gasteiger partial charge in [0.1, 0.15) is 12.1 Å². The van der Waals surface area contributed by atoms with Gasteiger partial charge in [0.15, 0.2) is 0 Å². The van der Waals surface area contributed by atoms with E-state index in [0.29, 0.717) is 0 Å². The first-order chi connectivity index (χ1) is 17.1. The molecule has 2 unspecified atom stereocenters. The van der Waals surface area contributed by atoms with Crippen LogP contribution in [0.3, 0.4) is 0 Å². The topological polar surface area (TPSA) is 56.4 Å². The van der Waals surface area contributed by atoms with Gasteiger partial charge in [-0.05, 0) is 42.3 Å². The number of H-pyrrole nitrogens is 1. The van der Waals surface area contributed by atoms with Crippen LogP contribution in [0, 0.1) is 6.92 Å². The van der Waals surface area contributed by atoms with E-state index in [1.807, 2.05) is 55.5 Å². The minimum absolute atomic E-state index is 0.111. The number of urea groups is 1. The second kappa shape index (κ2) is 7.86. The number of hydrogen-bond donors (Lipinski definition) is 1. The number of para-hydroxylation sites is 1. The number of nitrogens with one attached hydrogen (secondary N) is 1. The fourth-order valence-electron chi connectivity index (χ4n) is 5.34. The summed E-state index contributed by atoms with van der Waals surface area (Å²) < 4.78 is 40.3. The third-order valence-electron chi connectivity index (χ3n) is 6.92. The fraction of sp³-hybridized carbons (Fsp3) is 0.185.